The second kappa shape index (κ2) is 7.40. The highest BCUT2D eigenvalue weighted by atomic mass is 16.5. The van der Waals surface area contributed by atoms with Crippen LogP contribution >= 0.6 is 0 Å². The molecule has 2 aliphatic rings. The summed E-state index contributed by atoms with van der Waals surface area (Å²) in [6.45, 7) is 4.19. The van der Waals surface area contributed by atoms with Gasteiger partial charge in [0.25, 0.3) is 0 Å². The summed E-state index contributed by atoms with van der Waals surface area (Å²) in [6, 6.07) is 10.9. The zero-order chi connectivity index (χ0) is 18.1. The summed E-state index contributed by atoms with van der Waals surface area (Å²) in [5, 5.41) is 2.29. The molecule has 1 aliphatic carbocycles. The summed E-state index contributed by atoms with van der Waals surface area (Å²) >= 11 is 0. The smallest absolute Gasteiger partial charge is 0.167 e. The zero-order valence-corrected chi connectivity index (χ0v) is 16.0. The van der Waals surface area contributed by atoms with E-state index in [1.165, 1.54) is 32.2 Å². The molecule has 1 saturated heterocycles. The van der Waals surface area contributed by atoms with E-state index < -0.39 is 0 Å². The maximum absolute atomic E-state index is 13.2. The number of hydrogen-bond donors (Lipinski definition) is 0. The van der Waals surface area contributed by atoms with Crippen LogP contribution in [0.4, 0.5) is 0 Å². The van der Waals surface area contributed by atoms with Gasteiger partial charge in [-0.05, 0) is 67.6 Å². The first-order chi connectivity index (χ1) is 12.7. The Labute approximate surface area is 156 Å². The number of aryl methyl sites for hydroxylation is 1. The van der Waals surface area contributed by atoms with Crippen molar-refractivity contribution in [2.24, 2.45) is 5.92 Å². The van der Waals surface area contributed by atoms with E-state index in [2.05, 4.69) is 30.0 Å². The predicted octanol–water partition coefficient (Wildman–Crippen LogP) is 4.99. The fraction of sp³-hybridized carbons (Fsp3) is 0.522. The highest BCUT2D eigenvalue weighted by Gasteiger charge is 2.31. The number of benzene rings is 2. The second-order valence-electron chi connectivity index (χ2n) is 7.97. The Balaban J connectivity index is 1.55. The van der Waals surface area contributed by atoms with Gasteiger partial charge in [0.15, 0.2) is 5.78 Å². The summed E-state index contributed by atoms with van der Waals surface area (Å²) < 4.78 is 5.41. The van der Waals surface area contributed by atoms with Crippen molar-refractivity contribution in [2.45, 2.75) is 51.5 Å². The predicted molar refractivity (Wildman–Crippen MR) is 106 cm³/mol. The normalized spacial score (nSPS) is 22.0. The van der Waals surface area contributed by atoms with Crippen molar-refractivity contribution >= 4 is 16.6 Å². The van der Waals surface area contributed by atoms with Crippen LogP contribution in [0.3, 0.4) is 0 Å². The van der Waals surface area contributed by atoms with Gasteiger partial charge in [0, 0.05) is 24.1 Å². The Morgan fingerprint density at radius 3 is 2.65 bits per heavy atom. The molecule has 26 heavy (non-hydrogen) atoms. The summed E-state index contributed by atoms with van der Waals surface area (Å²) in [6.07, 6.45) is 7.52. The van der Waals surface area contributed by atoms with Crippen LogP contribution in [0.5, 0.6) is 5.75 Å². The van der Waals surface area contributed by atoms with Crippen LogP contribution in [0.2, 0.25) is 0 Å². The number of carbonyl (C=O) groups excluding carboxylic acids is 1. The molecule has 1 heterocycles. The van der Waals surface area contributed by atoms with Crippen LogP contribution in [0, 0.1) is 12.8 Å². The molecule has 1 atom stereocenters. The number of likely N-dealkylation sites (tertiary alicyclic amines) is 1. The first-order valence-electron chi connectivity index (χ1n) is 10.0. The molecule has 0 N–H and O–H groups in total. The van der Waals surface area contributed by atoms with E-state index in [4.69, 9.17) is 4.74 Å². The minimum atomic E-state index is 0.154. The molecule has 1 unspecified atom stereocenters. The molecule has 2 aromatic rings. The van der Waals surface area contributed by atoms with E-state index in [0.29, 0.717) is 5.78 Å². The minimum Gasteiger partial charge on any atom is -0.496 e. The third-order valence-corrected chi connectivity index (χ3v) is 6.41. The molecule has 0 bridgehead atoms. The fourth-order valence-electron chi connectivity index (χ4n) is 4.90. The van der Waals surface area contributed by atoms with Gasteiger partial charge in [-0.1, -0.05) is 31.0 Å². The summed E-state index contributed by atoms with van der Waals surface area (Å²) in [5.41, 5.74) is 1.99. The van der Waals surface area contributed by atoms with Crippen molar-refractivity contribution in [2.75, 3.05) is 20.2 Å². The highest BCUT2D eigenvalue weighted by molar-refractivity contribution is 6.02. The molecule has 3 nitrogen and oxygen atoms in total. The molecule has 0 amide bonds. The molecule has 0 aromatic heterocycles. The first kappa shape index (κ1) is 17.5. The van der Waals surface area contributed by atoms with Crippen LogP contribution in [0.25, 0.3) is 10.8 Å². The standard InChI is InChI=1S/C23H29NO2/c1-16-21-11-9-18(14-17(21)10-12-22(16)26-2)23(25)19-6-5-13-24(15-19)20-7-3-4-8-20/h9-12,14,19-20H,3-8,13,15H2,1-2H3. The van der Waals surface area contributed by atoms with Crippen LogP contribution in [-0.2, 0) is 0 Å². The van der Waals surface area contributed by atoms with E-state index in [1.54, 1.807) is 7.11 Å². The first-order valence-corrected chi connectivity index (χ1v) is 10.0. The molecule has 2 aromatic carbocycles. The number of carbonyl (C=O) groups is 1. The van der Waals surface area contributed by atoms with Crippen molar-refractivity contribution in [3.63, 3.8) is 0 Å². The molecule has 2 fully saturated rings. The van der Waals surface area contributed by atoms with E-state index in [9.17, 15) is 4.79 Å². The number of methoxy groups -OCH3 is 1. The van der Waals surface area contributed by atoms with Crippen molar-refractivity contribution in [1.82, 2.24) is 4.90 Å². The average molecular weight is 351 g/mol. The molecular formula is C23H29NO2. The van der Waals surface area contributed by atoms with E-state index in [0.717, 1.165) is 53.1 Å². The third-order valence-electron chi connectivity index (χ3n) is 6.41. The number of rotatable bonds is 4. The maximum Gasteiger partial charge on any atom is 0.167 e. The van der Waals surface area contributed by atoms with Gasteiger partial charge >= 0.3 is 0 Å². The van der Waals surface area contributed by atoms with Gasteiger partial charge in [-0.15, -0.1) is 0 Å². The van der Waals surface area contributed by atoms with E-state index in [1.807, 2.05) is 12.1 Å². The van der Waals surface area contributed by atoms with Gasteiger partial charge in [0.2, 0.25) is 0 Å². The number of ether oxygens (including phenoxy) is 1. The Hall–Kier alpha value is -1.87. The number of hydrogen-bond acceptors (Lipinski definition) is 3. The van der Waals surface area contributed by atoms with E-state index >= 15 is 0 Å². The number of Topliss-reactive ketones (excluding diaryl/α,β-unsaturated/α-hetero) is 1. The molecule has 0 spiro atoms. The molecular weight excluding hydrogens is 322 g/mol. The minimum absolute atomic E-state index is 0.154. The lowest BCUT2D eigenvalue weighted by atomic mass is 9.88. The molecule has 138 valence electrons. The molecule has 4 rings (SSSR count). The number of ketones is 1. The quantitative estimate of drug-likeness (QED) is 0.727. The van der Waals surface area contributed by atoms with Crippen molar-refractivity contribution < 1.29 is 9.53 Å². The fourth-order valence-corrected chi connectivity index (χ4v) is 4.90. The SMILES string of the molecule is COc1ccc2cc(C(=O)C3CCCN(C4CCCC4)C3)ccc2c1C. The van der Waals surface area contributed by atoms with Crippen LogP contribution < -0.4 is 4.74 Å². The molecule has 3 heteroatoms. The van der Waals surface area contributed by atoms with Gasteiger partial charge in [-0.2, -0.15) is 0 Å². The topological polar surface area (TPSA) is 29.5 Å². The van der Waals surface area contributed by atoms with Crippen LogP contribution in [-0.4, -0.2) is 36.9 Å². The largest absolute Gasteiger partial charge is 0.496 e. The van der Waals surface area contributed by atoms with Crippen molar-refractivity contribution in [1.29, 1.82) is 0 Å². The monoisotopic (exact) mass is 351 g/mol. The van der Waals surface area contributed by atoms with Gasteiger partial charge in [-0.3, -0.25) is 9.69 Å². The van der Waals surface area contributed by atoms with Gasteiger partial charge in [0.05, 0.1) is 7.11 Å². The molecule has 1 aliphatic heterocycles. The summed E-state index contributed by atoms with van der Waals surface area (Å²) in [7, 11) is 1.70. The van der Waals surface area contributed by atoms with Crippen molar-refractivity contribution in [3.8, 4) is 5.75 Å². The highest BCUT2D eigenvalue weighted by Crippen LogP contribution is 2.31. The van der Waals surface area contributed by atoms with Crippen molar-refractivity contribution in [3.05, 3.63) is 41.5 Å². The Morgan fingerprint density at radius 1 is 1.08 bits per heavy atom. The number of fused-ring (bicyclic) bond motifs is 1. The molecule has 1 saturated carbocycles. The lowest BCUT2D eigenvalue weighted by molar-refractivity contribution is 0.0757. The van der Waals surface area contributed by atoms with Gasteiger partial charge in [-0.25, -0.2) is 0 Å². The average Bonchev–Trinajstić information content (AvgIpc) is 3.22. The Morgan fingerprint density at radius 2 is 1.88 bits per heavy atom. The Bertz CT molecular complexity index is 807. The summed E-state index contributed by atoms with van der Waals surface area (Å²) in [5.74, 6) is 1.38. The lowest BCUT2D eigenvalue weighted by Crippen LogP contribution is -2.43. The van der Waals surface area contributed by atoms with Crippen LogP contribution in [0.1, 0.15) is 54.4 Å². The summed E-state index contributed by atoms with van der Waals surface area (Å²) in [4.78, 5) is 15.8. The van der Waals surface area contributed by atoms with Crippen LogP contribution in [0.15, 0.2) is 30.3 Å². The van der Waals surface area contributed by atoms with Gasteiger partial charge in [0.1, 0.15) is 5.75 Å². The van der Waals surface area contributed by atoms with E-state index in [-0.39, 0.29) is 5.92 Å². The Kier molecular flexibility index (Phi) is 4.99. The number of nitrogens with zero attached hydrogens (tertiary/aromatic N) is 1. The zero-order valence-electron chi connectivity index (χ0n) is 16.0. The third kappa shape index (κ3) is 3.25. The number of piperidine rings is 1. The second-order valence-corrected chi connectivity index (χ2v) is 7.97. The lowest BCUT2D eigenvalue weighted by Gasteiger charge is -2.36. The van der Waals surface area contributed by atoms with Gasteiger partial charge < -0.3 is 4.74 Å². The molecule has 0 radical (unpaired) electrons. The maximum atomic E-state index is 13.2.